The van der Waals surface area contributed by atoms with Crippen LogP contribution in [0.3, 0.4) is 0 Å². The highest BCUT2D eigenvalue weighted by molar-refractivity contribution is 9.09. The number of hydrogen-bond donors (Lipinski definition) is 0. The van der Waals surface area contributed by atoms with Gasteiger partial charge in [-0.05, 0) is 48.0 Å². The molecule has 0 amide bonds. The summed E-state index contributed by atoms with van der Waals surface area (Å²) in [7, 11) is 8.33. The average Bonchev–Trinajstić information content (AvgIpc) is 2.38. The van der Waals surface area contributed by atoms with Gasteiger partial charge in [-0.2, -0.15) is 0 Å². The first kappa shape index (κ1) is 32.9. The minimum Gasteiger partial charge on any atom is -0.350 e. The van der Waals surface area contributed by atoms with Crippen molar-refractivity contribution in [1.29, 1.82) is 0 Å². The second-order valence-electron chi connectivity index (χ2n) is 6.59. The molecular weight excluding hydrogens is 504 g/mol. The van der Waals surface area contributed by atoms with Crippen LogP contribution in [0.25, 0.3) is 0 Å². The largest absolute Gasteiger partial charge is 0.350 e. The molecule has 4 nitrogen and oxygen atoms in total. The van der Waals surface area contributed by atoms with Crippen molar-refractivity contribution in [3.8, 4) is 0 Å². The molecule has 7 heteroatoms. The predicted octanol–water partition coefficient (Wildman–Crippen LogP) is 4.75. The molecule has 1 aliphatic rings. The van der Waals surface area contributed by atoms with E-state index in [1.165, 1.54) is 0 Å². The Kier molecular flexibility index (Phi) is 24.2. The van der Waals surface area contributed by atoms with Crippen molar-refractivity contribution in [3.63, 3.8) is 0 Å². The highest BCUT2D eigenvalue weighted by Crippen LogP contribution is 2.20. The molecule has 0 aromatic carbocycles. The number of hydrogen-bond acceptors (Lipinski definition) is 4. The summed E-state index contributed by atoms with van der Waals surface area (Å²) in [6, 6.07) is 0. The van der Waals surface area contributed by atoms with Gasteiger partial charge in [0.05, 0.1) is 13.2 Å². The Morgan fingerprint density at radius 3 is 1.62 bits per heavy atom. The van der Waals surface area contributed by atoms with Crippen molar-refractivity contribution < 1.29 is 9.47 Å². The fourth-order valence-corrected chi connectivity index (χ4v) is 3.49. The molecule has 0 N–H and O–H groups in total. The summed E-state index contributed by atoms with van der Waals surface area (Å²) in [6.45, 7) is 7.72. The molecule has 1 fully saturated rings. The van der Waals surface area contributed by atoms with Crippen molar-refractivity contribution in [2.75, 3.05) is 65.2 Å². The zero-order valence-electron chi connectivity index (χ0n) is 14.8. The van der Waals surface area contributed by atoms with Gasteiger partial charge in [-0.25, -0.2) is 0 Å². The highest BCUT2D eigenvalue weighted by atomic mass is 79.9. The minimum absolute atomic E-state index is 0. The fourth-order valence-electron chi connectivity index (χ4n) is 2.00. The van der Waals surface area contributed by atoms with Crippen LogP contribution < -0.4 is 0 Å². The molecule has 1 heterocycles. The molecule has 0 aliphatic carbocycles. The van der Waals surface area contributed by atoms with Crippen LogP contribution in [0.2, 0.25) is 0 Å². The smallest absolute Gasteiger partial charge is 0.162 e. The van der Waals surface area contributed by atoms with E-state index in [0.717, 1.165) is 42.9 Å². The Morgan fingerprint density at radius 1 is 0.958 bits per heavy atom. The van der Waals surface area contributed by atoms with Crippen molar-refractivity contribution in [2.45, 2.75) is 34.5 Å². The number of ether oxygens (including phenoxy) is 2. The van der Waals surface area contributed by atoms with Crippen LogP contribution in [0.15, 0.2) is 0 Å². The Labute approximate surface area is 179 Å². The molecule has 0 bridgehead atoms. The van der Waals surface area contributed by atoms with E-state index in [4.69, 9.17) is 9.47 Å². The maximum atomic E-state index is 5.53. The normalized spacial score (nSPS) is 16.6. The summed E-state index contributed by atoms with van der Waals surface area (Å²) in [5.41, 5.74) is 0. The van der Waals surface area contributed by atoms with E-state index in [1.807, 2.05) is 13.8 Å². The zero-order valence-corrected chi connectivity index (χ0v) is 19.7. The third-order valence-corrected chi connectivity index (χ3v) is 4.85. The molecule has 152 valence electrons. The van der Waals surface area contributed by atoms with E-state index in [-0.39, 0.29) is 37.6 Å². The van der Waals surface area contributed by atoms with Crippen LogP contribution in [-0.4, -0.2) is 80.7 Å². The van der Waals surface area contributed by atoms with Crippen LogP contribution in [0.5, 0.6) is 0 Å². The molecule has 0 saturated carbocycles. The predicted molar refractivity (Wildman–Crippen MR) is 121 cm³/mol. The third-order valence-electron chi connectivity index (χ3n) is 3.02. The highest BCUT2D eigenvalue weighted by Gasteiger charge is 2.28. The SMILES string of the molecule is Br.C.C.CN(C)CC(CBr)CBr.CN(C)CC1COC(C)(C)OC1. The Morgan fingerprint density at radius 2 is 1.38 bits per heavy atom. The lowest BCUT2D eigenvalue weighted by Gasteiger charge is -2.35. The molecular formula is C17H41Br3N2O2. The lowest BCUT2D eigenvalue weighted by Crippen LogP contribution is -2.42. The van der Waals surface area contributed by atoms with Gasteiger partial charge in [0.1, 0.15) is 0 Å². The van der Waals surface area contributed by atoms with Crippen LogP contribution >= 0.6 is 48.8 Å². The standard InChI is InChI=1S/C9H19NO2.C6H13Br2N.2CH4.BrH/c1-9(2)11-6-8(7-12-9)5-10(3)4;1-9(2)5-6(3-7)4-8;;;/h8H,5-7H2,1-4H3;6H,3-5H2,1-2H3;2*1H4;1H. The van der Waals surface area contributed by atoms with Gasteiger partial charge in [0.2, 0.25) is 0 Å². The molecule has 1 aliphatic heterocycles. The maximum absolute atomic E-state index is 5.53. The maximum Gasteiger partial charge on any atom is 0.162 e. The van der Waals surface area contributed by atoms with Crippen LogP contribution in [0.4, 0.5) is 0 Å². The first-order valence-corrected chi connectivity index (χ1v) is 9.63. The fraction of sp³-hybridized carbons (Fsp3) is 1.00. The van der Waals surface area contributed by atoms with E-state index in [0.29, 0.717) is 5.92 Å². The molecule has 0 aromatic rings. The van der Waals surface area contributed by atoms with E-state index in [2.05, 4.69) is 69.9 Å². The van der Waals surface area contributed by atoms with Gasteiger partial charge in [-0.1, -0.05) is 46.7 Å². The molecule has 1 rings (SSSR count). The summed E-state index contributed by atoms with van der Waals surface area (Å²) in [4.78, 5) is 4.36. The first-order valence-electron chi connectivity index (χ1n) is 7.39. The number of alkyl halides is 2. The van der Waals surface area contributed by atoms with E-state index in [9.17, 15) is 0 Å². The van der Waals surface area contributed by atoms with Crippen molar-refractivity contribution in [2.24, 2.45) is 11.8 Å². The molecule has 0 spiro atoms. The van der Waals surface area contributed by atoms with Gasteiger partial charge in [-0.15, -0.1) is 17.0 Å². The van der Waals surface area contributed by atoms with Crippen LogP contribution in [0, 0.1) is 11.8 Å². The Balaban J connectivity index is -0.000000153. The van der Waals surface area contributed by atoms with Gasteiger partial charge in [0.15, 0.2) is 5.79 Å². The summed E-state index contributed by atoms with van der Waals surface area (Å²) in [6.07, 6.45) is 0. The quantitative estimate of drug-likeness (QED) is 0.450. The van der Waals surface area contributed by atoms with Gasteiger partial charge < -0.3 is 19.3 Å². The summed E-state index contributed by atoms with van der Waals surface area (Å²) < 4.78 is 11.1. The lowest BCUT2D eigenvalue weighted by atomic mass is 10.1. The number of nitrogens with zero attached hydrogens (tertiary/aromatic N) is 2. The topological polar surface area (TPSA) is 24.9 Å². The molecule has 1 saturated heterocycles. The molecule has 24 heavy (non-hydrogen) atoms. The number of rotatable bonds is 6. The third kappa shape index (κ3) is 18.1. The summed E-state index contributed by atoms with van der Waals surface area (Å²) in [5, 5.41) is 2.16. The summed E-state index contributed by atoms with van der Waals surface area (Å²) in [5.74, 6) is 0.885. The van der Waals surface area contributed by atoms with Gasteiger partial charge in [0, 0.05) is 29.7 Å². The van der Waals surface area contributed by atoms with Gasteiger partial charge >= 0.3 is 0 Å². The van der Waals surface area contributed by atoms with Crippen molar-refractivity contribution in [3.05, 3.63) is 0 Å². The second kappa shape index (κ2) is 17.7. The second-order valence-corrected chi connectivity index (χ2v) is 7.88. The van der Waals surface area contributed by atoms with Gasteiger partial charge in [-0.3, -0.25) is 0 Å². The minimum atomic E-state index is -0.372. The van der Waals surface area contributed by atoms with Crippen LogP contribution in [-0.2, 0) is 9.47 Å². The van der Waals surface area contributed by atoms with E-state index in [1.54, 1.807) is 0 Å². The first-order chi connectivity index (χ1) is 9.70. The Hall–Kier alpha value is 1.28. The lowest BCUT2D eigenvalue weighted by molar-refractivity contribution is -0.262. The average molecular weight is 545 g/mol. The van der Waals surface area contributed by atoms with E-state index >= 15 is 0 Å². The monoisotopic (exact) mass is 542 g/mol. The molecule has 0 radical (unpaired) electrons. The zero-order chi connectivity index (χ0) is 16.5. The van der Waals surface area contributed by atoms with Crippen molar-refractivity contribution >= 4 is 48.8 Å². The molecule has 0 atom stereocenters. The van der Waals surface area contributed by atoms with Crippen LogP contribution in [0.1, 0.15) is 28.7 Å². The van der Waals surface area contributed by atoms with Crippen molar-refractivity contribution in [1.82, 2.24) is 9.80 Å². The van der Waals surface area contributed by atoms with Gasteiger partial charge in [0.25, 0.3) is 0 Å². The summed E-state index contributed by atoms with van der Waals surface area (Å²) >= 11 is 6.90. The molecule has 0 aromatic heterocycles. The number of halogens is 3. The molecule has 0 unspecified atom stereocenters. The Bertz CT molecular complexity index is 254. The van der Waals surface area contributed by atoms with E-state index < -0.39 is 0 Å².